The molecule has 0 aliphatic carbocycles. The molecular formula is C8H11ClN2. The average molecular weight is 171 g/mol. The molecule has 0 unspecified atom stereocenters. The molecule has 0 aliphatic heterocycles. The molecule has 2 nitrogen and oxygen atoms in total. The van der Waals surface area contributed by atoms with Gasteiger partial charge in [-0.25, -0.2) is 4.98 Å². The Morgan fingerprint density at radius 2 is 2.09 bits per heavy atom. The van der Waals surface area contributed by atoms with Crippen molar-refractivity contribution in [3.63, 3.8) is 0 Å². The van der Waals surface area contributed by atoms with E-state index in [4.69, 9.17) is 11.6 Å². The second-order valence-corrected chi connectivity index (χ2v) is 2.87. The largest absolute Gasteiger partial charge is 0.373 e. The van der Waals surface area contributed by atoms with Crippen LogP contribution in [0.25, 0.3) is 0 Å². The third-order valence-corrected chi connectivity index (χ3v) is 1.93. The van der Waals surface area contributed by atoms with Crippen molar-refractivity contribution >= 4 is 17.4 Å². The zero-order chi connectivity index (χ0) is 8.43. The van der Waals surface area contributed by atoms with Gasteiger partial charge >= 0.3 is 0 Å². The van der Waals surface area contributed by atoms with E-state index >= 15 is 0 Å². The molecule has 1 N–H and O–H groups in total. The molecule has 1 heterocycles. The van der Waals surface area contributed by atoms with Gasteiger partial charge < -0.3 is 5.32 Å². The predicted molar refractivity (Wildman–Crippen MR) is 48.3 cm³/mol. The minimum Gasteiger partial charge on any atom is -0.373 e. The highest BCUT2D eigenvalue weighted by molar-refractivity contribution is 6.29. The van der Waals surface area contributed by atoms with Crippen molar-refractivity contribution in [3.8, 4) is 0 Å². The number of halogens is 1. The van der Waals surface area contributed by atoms with Gasteiger partial charge in [0.1, 0.15) is 11.0 Å². The molecule has 0 aliphatic rings. The number of rotatable bonds is 1. The van der Waals surface area contributed by atoms with E-state index in [1.807, 2.05) is 27.0 Å². The average Bonchev–Trinajstić information content (AvgIpc) is 1.96. The van der Waals surface area contributed by atoms with Crippen LogP contribution in [0, 0.1) is 13.8 Å². The maximum atomic E-state index is 5.75. The van der Waals surface area contributed by atoms with E-state index in [-0.39, 0.29) is 0 Å². The van der Waals surface area contributed by atoms with Crippen LogP contribution in [0.2, 0.25) is 5.15 Å². The van der Waals surface area contributed by atoms with Crippen molar-refractivity contribution in [2.45, 2.75) is 13.8 Å². The molecule has 0 saturated carbocycles. The Bertz CT molecular complexity index is 271. The lowest BCUT2D eigenvalue weighted by Crippen LogP contribution is -1.97. The van der Waals surface area contributed by atoms with Gasteiger partial charge in [-0.15, -0.1) is 0 Å². The molecule has 0 amide bonds. The maximum absolute atomic E-state index is 5.75. The summed E-state index contributed by atoms with van der Waals surface area (Å²) >= 11 is 5.75. The molecule has 0 bridgehead atoms. The lowest BCUT2D eigenvalue weighted by molar-refractivity contribution is 1.20. The van der Waals surface area contributed by atoms with Crippen molar-refractivity contribution in [2.24, 2.45) is 0 Å². The van der Waals surface area contributed by atoms with Gasteiger partial charge in [0.25, 0.3) is 0 Å². The van der Waals surface area contributed by atoms with Gasteiger partial charge in [0.2, 0.25) is 0 Å². The fraction of sp³-hybridized carbons (Fsp3) is 0.375. The van der Waals surface area contributed by atoms with Gasteiger partial charge in [-0.05, 0) is 31.0 Å². The van der Waals surface area contributed by atoms with Crippen LogP contribution < -0.4 is 5.32 Å². The second kappa shape index (κ2) is 3.09. The van der Waals surface area contributed by atoms with Gasteiger partial charge in [0.05, 0.1) is 0 Å². The molecule has 11 heavy (non-hydrogen) atoms. The molecule has 1 rings (SSSR count). The summed E-state index contributed by atoms with van der Waals surface area (Å²) in [6, 6.07) is 1.86. The topological polar surface area (TPSA) is 24.9 Å². The first kappa shape index (κ1) is 8.34. The highest BCUT2D eigenvalue weighted by atomic mass is 35.5. The Morgan fingerprint density at radius 1 is 1.45 bits per heavy atom. The Morgan fingerprint density at radius 3 is 2.64 bits per heavy atom. The molecule has 0 fully saturated rings. The minimum atomic E-state index is 0.539. The standard InChI is InChI=1S/C8H11ClN2/c1-5-4-7(9)11-8(10-3)6(5)2/h4H,1-3H3,(H,10,11). The summed E-state index contributed by atoms with van der Waals surface area (Å²) in [7, 11) is 1.84. The molecular weight excluding hydrogens is 160 g/mol. The Labute approximate surface area is 71.6 Å². The summed E-state index contributed by atoms with van der Waals surface area (Å²) in [5.41, 5.74) is 2.31. The normalized spacial score (nSPS) is 9.82. The van der Waals surface area contributed by atoms with Gasteiger partial charge in [0.15, 0.2) is 0 Å². The second-order valence-electron chi connectivity index (χ2n) is 2.49. The summed E-state index contributed by atoms with van der Waals surface area (Å²) in [6.07, 6.45) is 0. The first-order chi connectivity index (χ1) is 5.15. The molecule has 0 radical (unpaired) electrons. The van der Waals surface area contributed by atoms with Crippen molar-refractivity contribution in [2.75, 3.05) is 12.4 Å². The van der Waals surface area contributed by atoms with Crippen molar-refractivity contribution < 1.29 is 0 Å². The van der Waals surface area contributed by atoms with Crippen LogP contribution in [0.1, 0.15) is 11.1 Å². The monoisotopic (exact) mass is 170 g/mol. The molecule has 1 aromatic rings. The number of nitrogens with zero attached hydrogens (tertiary/aromatic N) is 1. The molecule has 0 saturated heterocycles. The molecule has 0 atom stereocenters. The van der Waals surface area contributed by atoms with Crippen LogP contribution in [-0.4, -0.2) is 12.0 Å². The van der Waals surface area contributed by atoms with Crippen molar-refractivity contribution in [3.05, 3.63) is 22.3 Å². The molecule has 1 aromatic heterocycles. The number of hydrogen-bond acceptors (Lipinski definition) is 2. The number of aromatic nitrogens is 1. The first-order valence-electron chi connectivity index (χ1n) is 3.46. The molecule has 0 aromatic carbocycles. The van der Waals surface area contributed by atoms with Crippen LogP contribution in [0.15, 0.2) is 6.07 Å². The molecule has 60 valence electrons. The van der Waals surface area contributed by atoms with E-state index in [1.54, 1.807) is 0 Å². The maximum Gasteiger partial charge on any atom is 0.131 e. The Hall–Kier alpha value is -0.760. The summed E-state index contributed by atoms with van der Waals surface area (Å²) in [5.74, 6) is 0.856. The van der Waals surface area contributed by atoms with Crippen molar-refractivity contribution in [1.82, 2.24) is 4.98 Å². The SMILES string of the molecule is CNc1nc(Cl)cc(C)c1C. The minimum absolute atomic E-state index is 0.539. The number of pyridine rings is 1. The van der Waals surface area contributed by atoms with Crippen molar-refractivity contribution in [1.29, 1.82) is 0 Å². The van der Waals surface area contributed by atoms with Gasteiger partial charge in [-0.3, -0.25) is 0 Å². The number of aryl methyl sites for hydroxylation is 1. The van der Waals surface area contributed by atoms with E-state index in [1.165, 1.54) is 0 Å². The molecule has 0 spiro atoms. The van der Waals surface area contributed by atoms with Crippen LogP contribution >= 0.6 is 11.6 Å². The fourth-order valence-electron chi connectivity index (χ4n) is 0.940. The number of hydrogen-bond donors (Lipinski definition) is 1. The third-order valence-electron chi connectivity index (χ3n) is 1.74. The highest BCUT2D eigenvalue weighted by Gasteiger charge is 2.01. The Kier molecular flexibility index (Phi) is 2.35. The quantitative estimate of drug-likeness (QED) is 0.655. The number of nitrogens with one attached hydrogen (secondary N) is 1. The highest BCUT2D eigenvalue weighted by Crippen LogP contribution is 2.19. The molecule has 3 heteroatoms. The van der Waals surface area contributed by atoms with E-state index < -0.39 is 0 Å². The first-order valence-corrected chi connectivity index (χ1v) is 3.84. The van der Waals surface area contributed by atoms with Gasteiger partial charge in [-0.2, -0.15) is 0 Å². The smallest absolute Gasteiger partial charge is 0.131 e. The lowest BCUT2D eigenvalue weighted by atomic mass is 10.2. The van der Waals surface area contributed by atoms with Crippen LogP contribution in [0.4, 0.5) is 5.82 Å². The predicted octanol–water partition coefficient (Wildman–Crippen LogP) is 2.39. The van der Waals surface area contributed by atoms with E-state index in [2.05, 4.69) is 10.3 Å². The third kappa shape index (κ3) is 1.63. The van der Waals surface area contributed by atoms with Crippen LogP contribution in [0.5, 0.6) is 0 Å². The van der Waals surface area contributed by atoms with Crippen LogP contribution in [0.3, 0.4) is 0 Å². The van der Waals surface area contributed by atoms with Gasteiger partial charge in [0, 0.05) is 7.05 Å². The fourth-order valence-corrected chi connectivity index (χ4v) is 1.19. The van der Waals surface area contributed by atoms with E-state index in [0.29, 0.717) is 5.15 Å². The zero-order valence-electron chi connectivity index (χ0n) is 6.90. The summed E-state index contributed by atoms with van der Waals surface area (Å²) < 4.78 is 0. The lowest BCUT2D eigenvalue weighted by Gasteiger charge is -2.06. The van der Waals surface area contributed by atoms with E-state index in [0.717, 1.165) is 16.9 Å². The van der Waals surface area contributed by atoms with E-state index in [9.17, 15) is 0 Å². The van der Waals surface area contributed by atoms with Gasteiger partial charge in [-0.1, -0.05) is 11.6 Å². The Balaban J connectivity index is 3.24. The summed E-state index contributed by atoms with van der Waals surface area (Å²) in [4.78, 5) is 4.11. The zero-order valence-corrected chi connectivity index (χ0v) is 7.66. The van der Waals surface area contributed by atoms with Crippen LogP contribution in [-0.2, 0) is 0 Å². The summed E-state index contributed by atoms with van der Waals surface area (Å²) in [6.45, 7) is 4.04. The summed E-state index contributed by atoms with van der Waals surface area (Å²) in [5, 5.41) is 3.52. The number of anilines is 1.